The molecule has 106 heavy (non-hydrogen) atoms. The third-order valence-corrected chi connectivity index (χ3v) is 18.8. The van der Waals surface area contributed by atoms with Gasteiger partial charge in [-0.1, -0.05) is 229 Å². The van der Waals surface area contributed by atoms with Gasteiger partial charge in [0.05, 0.1) is 0 Å². The molecule has 0 saturated heterocycles. The van der Waals surface area contributed by atoms with Gasteiger partial charge in [-0.15, -0.1) is 0 Å². The molecule has 12 rings (SSSR count). The molecule has 4 heteroatoms. The number of aromatic nitrogens is 4. The van der Waals surface area contributed by atoms with Gasteiger partial charge in [0.15, 0.2) is 24.8 Å². The van der Waals surface area contributed by atoms with Crippen molar-refractivity contribution in [3.63, 3.8) is 0 Å². The number of rotatable bonds is 13. The first kappa shape index (κ1) is 52.4. The van der Waals surface area contributed by atoms with Crippen LogP contribution in [0.25, 0.3) is 89.5 Å². The summed E-state index contributed by atoms with van der Waals surface area (Å²) in [7, 11) is 7.34. The Labute approximate surface area is 675 Å². The smallest absolute Gasteiger partial charge is 0.201 e. The van der Waals surface area contributed by atoms with E-state index in [2.05, 4.69) is 0 Å². The second-order valence-corrected chi connectivity index (χ2v) is 30.7. The Morgan fingerprint density at radius 2 is 0.566 bits per heavy atom. The molecular formula is C102H124N4+4. The number of hydrogen-bond donors (Lipinski definition) is 0. The summed E-state index contributed by atoms with van der Waals surface area (Å²) in [4.78, 5) is 0. The zero-order valence-corrected chi connectivity index (χ0v) is 66.1. The lowest BCUT2D eigenvalue weighted by molar-refractivity contribution is -0.661. The van der Waals surface area contributed by atoms with Crippen LogP contribution >= 0.6 is 0 Å². The van der Waals surface area contributed by atoms with E-state index in [-0.39, 0.29) is 27.8 Å². The molecule has 0 N–H and O–H groups in total. The predicted octanol–water partition coefficient (Wildman–Crippen LogP) is 25.3. The fourth-order valence-corrected chi connectivity index (χ4v) is 13.4. The van der Waals surface area contributed by atoms with Gasteiger partial charge in [-0.2, -0.15) is 0 Å². The number of benzene rings is 8. The number of hydrogen-bond acceptors (Lipinski definition) is 0. The van der Waals surface area contributed by atoms with Crippen LogP contribution in [-0.4, -0.2) is 0 Å². The molecule has 0 spiro atoms. The van der Waals surface area contributed by atoms with Crippen LogP contribution in [0.3, 0.4) is 0 Å². The van der Waals surface area contributed by atoms with E-state index in [4.69, 9.17) is 34.3 Å². The van der Waals surface area contributed by atoms with Gasteiger partial charge < -0.3 is 0 Å². The molecule has 4 heterocycles. The summed E-state index contributed by atoms with van der Waals surface area (Å²) in [5.41, 5.74) is 19.0. The van der Waals surface area contributed by atoms with Crippen LogP contribution in [0.1, 0.15) is 224 Å². The van der Waals surface area contributed by atoms with E-state index < -0.39 is 82.4 Å². The summed E-state index contributed by atoms with van der Waals surface area (Å²) in [5, 5.41) is 0. The molecule has 4 nitrogen and oxygen atoms in total. The monoisotopic (exact) mass is 1430 g/mol. The maximum Gasteiger partial charge on any atom is 0.212 e. The lowest BCUT2D eigenvalue weighted by atomic mass is 9.86. The van der Waals surface area contributed by atoms with Crippen molar-refractivity contribution in [3.8, 4) is 89.5 Å². The van der Waals surface area contributed by atoms with Crippen molar-refractivity contribution in [2.75, 3.05) is 0 Å². The highest BCUT2D eigenvalue weighted by Crippen LogP contribution is 2.39. The van der Waals surface area contributed by atoms with Gasteiger partial charge in [-0.3, -0.25) is 0 Å². The largest absolute Gasteiger partial charge is 0.212 e. The van der Waals surface area contributed by atoms with Crippen LogP contribution < -0.4 is 18.3 Å². The van der Waals surface area contributed by atoms with Crippen molar-refractivity contribution < 1.29 is 52.5 Å². The normalized spacial score (nSPS) is 16.3. The standard InChI is InChI=1S/3C26H32N.C24H28N/c1-18-14-25(27(7)17-22(18)16-26(4,5)6)24-15-23(19(2)13-20(24)3)21-11-9-8-10-12-21;1-18-13-19(2)24(15-23(18)21-11-9-8-10-12-21)25-14-22(16-26(4,5)6)20(3)17-27(25)7;1-17(2)22-15-26(27(7)16-25(22)18(3)4)24-14-23(19(5)13-20(24)6)21-11-9-8-10-12-21;1-16(2)21-14-24(25(6)15-19(21)5)23-13-22(17(3)12-18(23)4)20-10-8-7-9-11-20/h2*8-15,17H,16H2,1-7H3;8-18H,1-7H3;7-16H,1-6H3/q4*+1/i2D3,16D2;1D3,3D3,16D2;5D3,17D,18D;3D3,5D3,16D. The summed E-state index contributed by atoms with van der Waals surface area (Å²) in [6.45, 7) is 17.2. The number of pyridine rings is 4. The Balaban J connectivity index is 0.000000197. The van der Waals surface area contributed by atoms with E-state index in [0.717, 1.165) is 89.4 Å². The van der Waals surface area contributed by atoms with E-state index in [1.807, 2.05) is 276 Å². The lowest BCUT2D eigenvalue weighted by Gasteiger charge is -2.20. The van der Waals surface area contributed by atoms with Crippen LogP contribution in [-0.2, 0) is 40.9 Å². The highest BCUT2D eigenvalue weighted by atomic mass is 14.9. The average Bonchev–Trinajstić information content (AvgIpc) is 0.753. The van der Waals surface area contributed by atoms with Gasteiger partial charge in [-0.05, 0) is 253 Å². The minimum Gasteiger partial charge on any atom is -0.201 e. The molecule has 0 saturated carbocycles. The van der Waals surface area contributed by atoms with Gasteiger partial charge in [0.1, 0.15) is 28.2 Å². The molecule has 0 aliphatic rings. The molecule has 0 fully saturated rings. The summed E-state index contributed by atoms with van der Waals surface area (Å²) in [6.07, 6.45) is 3.41. The maximum atomic E-state index is 8.85. The van der Waals surface area contributed by atoms with Crippen LogP contribution in [0.5, 0.6) is 0 Å². The van der Waals surface area contributed by atoms with Crippen LogP contribution in [0, 0.1) is 86.6 Å². The Morgan fingerprint density at radius 1 is 0.283 bits per heavy atom. The molecule has 0 bridgehead atoms. The van der Waals surface area contributed by atoms with Crippen molar-refractivity contribution >= 4 is 0 Å². The van der Waals surface area contributed by atoms with E-state index in [9.17, 15) is 0 Å². The van der Waals surface area contributed by atoms with Gasteiger partial charge in [0.25, 0.3) is 0 Å². The van der Waals surface area contributed by atoms with E-state index in [0.29, 0.717) is 61.3 Å². The van der Waals surface area contributed by atoms with Crippen molar-refractivity contribution in [3.05, 3.63) is 308 Å². The van der Waals surface area contributed by atoms with Crippen LogP contribution in [0.2, 0.25) is 0 Å². The second kappa shape index (κ2) is 34.3. The van der Waals surface area contributed by atoms with Crippen LogP contribution in [0.4, 0.5) is 0 Å². The molecule has 0 unspecified atom stereocenters. The van der Waals surface area contributed by atoms with Crippen molar-refractivity contribution in [1.82, 2.24) is 0 Å². The highest BCUT2D eigenvalue weighted by Gasteiger charge is 2.26. The van der Waals surface area contributed by atoms with Crippen molar-refractivity contribution in [2.45, 2.75) is 189 Å². The molecule has 548 valence electrons. The van der Waals surface area contributed by atoms with Gasteiger partial charge in [-0.25, -0.2) is 18.3 Å². The zero-order valence-electron chi connectivity index (χ0n) is 91.1. The van der Waals surface area contributed by atoms with E-state index in [1.165, 1.54) is 6.20 Å². The average molecular weight is 1430 g/mol. The maximum absolute atomic E-state index is 8.85. The third-order valence-electron chi connectivity index (χ3n) is 18.8. The topological polar surface area (TPSA) is 15.5 Å². The van der Waals surface area contributed by atoms with Crippen molar-refractivity contribution in [2.24, 2.45) is 39.0 Å². The zero-order chi connectivity index (χ0) is 98.7. The molecule has 12 aromatic rings. The fourth-order valence-electron chi connectivity index (χ4n) is 13.4. The van der Waals surface area contributed by atoms with Gasteiger partial charge in [0, 0.05) is 103 Å². The van der Waals surface area contributed by atoms with E-state index in [1.54, 1.807) is 100 Å². The Morgan fingerprint density at radius 3 is 0.887 bits per heavy atom. The lowest BCUT2D eigenvalue weighted by Crippen LogP contribution is -2.32. The molecule has 0 atom stereocenters. The van der Waals surface area contributed by atoms with Gasteiger partial charge >= 0.3 is 0 Å². The second-order valence-electron chi connectivity index (χ2n) is 30.7. The SMILES string of the molecule is [2H]C([2H])([2H])c1cc(C)c(-c2cc(C([2H])(C)C)c(C([2H])(C)C)c[n+]2C)cc1-c1ccccc1.[2H]C([2H])([2H])c1cc(C)c(-c2cc(C([2H])(C)C)c(C([2H])([2H])[2H])c[n+]2C)cc1-c1ccccc1.[2H]C([2H])([2H])c1cc(C)c(-c2cc(C([2H])([2H])C(C)(C)C)c(C([2H])([2H])[2H])c[n+]2C)cc1-c1ccccc1.[2H]C([2H])([2H])c1cc(C)c(-c2cc(C)c(C([2H])([2H])C(C)(C)C)c[n+]2C)cc1-c1ccccc1. The fraction of sp³-hybridized carbons (Fsp3) is 0.333. The minimum absolute atomic E-state index is 0.0382. The van der Waals surface area contributed by atoms with E-state index >= 15 is 0 Å². The summed E-state index contributed by atoms with van der Waals surface area (Å²) >= 11 is 0. The summed E-state index contributed by atoms with van der Waals surface area (Å²) < 4.78 is 213. The number of nitrogens with zero attached hydrogens (tertiary/aromatic N) is 4. The van der Waals surface area contributed by atoms with Gasteiger partial charge in [0.2, 0.25) is 22.8 Å². The Hall–Kier alpha value is -9.64. The summed E-state index contributed by atoms with van der Waals surface area (Å²) in [5.74, 6) is -2.85. The minimum atomic E-state index is -2.50. The molecule has 0 aliphatic carbocycles. The molecule has 0 radical (unpaired) electrons. The molecule has 8 aromatic carbocycles. The Bertz CT molecular complexity index is 5960. The molecule has 0 aliphatic heterocycles. The third kappa shape index (κ3) is 19.7. The first-order valence-electron chi connectivity index (χ1n) is 48.7. The predicted molar refractivity (Wildman–Crippen MR) is 455 cm³/mol. The quantitative estimate of drug-likeness (QED) is 0.102. The first-order valence-corrected chi connectivity index (χ1v) is 36.2. The summed E-state index contributed by atoms with van der Waals surface area (Å²) in [6, 6.07) is 59.6. The van der Waals surface area contributed by atoms with Crippen molar-refractivity contribution in [1.29, 1.82) is 0 Å². The highest BCUT2D eigenvalue weighted by molar-refractivity contribution is 5.80. The molecule has 0 amide bonds. The molecular weight excluding hydrogens is 1280 g/mol. The Kier molecular flexibility index (Phi) is 16.9. The number of aryl methyl sites for hydroxylation is 15. The molecule has 4 aromatic heterocycles. The first-order chi connectivity index (χ1) is 59.7. The van der Waals surface area contributed by atoms with Crippen LogP contribution in [0.15, 0.2) is 219 Å².